The number of hydrogen-bond acceptors (Lipinski definition) is 2. The lowest BCUT2D eigenvalue weighted by Gasteiger charge is -2.14. The van der Waals surface area contributed by atoms with Gasteiger partial charge in [-0.25, -0.2) is 0 Å². The minimum absolute atomic E-state index is 0.280. The number of aliphatic hydroxyl groups is 1. The van der Waals surface area contributed by atoms with E-state index in [0.29, 0.717) is 12.5 Å². The predicted octanol–water partition coefficient (Wildman–Crippen LogP) is 1.01. The van der Waals surface area contributed by atoms with Crippen molar-refractivity contribution in [2.24, 2.45) is 5.92 Å². The molecule has 0 aliphatic heterocycles. The fraction of sp³-hybridized carbons (Fsp3) is 0.800. The molecule has 2 heteroatoms. The zero-order valence-corrected chi connectivity index (χ0v) is 7.84. The first-order valence-corrected chi connectivity index (χ1v) is 4.60. The standard InChI is InChI=1S/C10H19NO/c1-3-5-10(6-8-12)9-11-7-4-2/h2,10-12H,3,5-9H2,1H3. The molecule has 0 spiro atoms. The second-order valence-corrected chi connectivity index (χ2v) is 3.00. The molecule has 0 saturated heterocycles. The van der Waals surface area contributed by atoms with Gasteiger partial charge in [-0.3, -0.25) is 0 Å². The third-order valence-corrected chi connectivity index (χ3v) is 1.89. The van der Waals surface area contributed by atoms with Gasteiger partial charge in [-0.05, 0) is 25.3 Å². The Morgan fingerprint density at radius 3 is 2.75 bits per heavy atom. The van der Waals surface area contributed by atoms with Gasteiger partial charge >= 0.3 is 0 Å². The maximum absolute atomic E-state index is 8.75. The van der Waals surface area contributed by atoms with E-state index in [9.17, 15) is 0 Å². The molecule has 0 aromatic rings. The van der Waals surface area contributed by atoms with Gasteiger partial charge in [0, 0.05) is 6.61 Å². The van der Waals surface area contributed by atoms with Crippen molar-refractivity contribution in [2.45, 2.75) is 26.2 Å². The van der Waals surface area contributed by atoms with Gasteiger partial charge in [0.1, 0.15) is 0 Å². The summed E-state index contributed by atoms with van der Waals surface area (Å²) in [5.41, 5.74) is 0. The highest BCUT2D eigenvalue weighted by molar-refractivity contribution is 4.86. The Bertz CT molecular complexity index is 122. The first-order chi connectivity index (χ1) is 5.85. The lowest BCUT2D eigenvalue weighted by Crippen LogP contribution is -2.23. The van der Waals surface area contributed by atoms with E-state index < -0.39 is 0 Å². The Balaban J connectivity index is 3.42. The molecule has 12 heavy (non-hydrogen) atoms. The number of terminal acetylenes is 1. The Labute approximate surface area is 75.4 Å². The summed E-state index contributed by atoms with van der Waals surface area (Å²) in [5.74, 6) is 3.11. The van der Waals surface area contributed by atoms with Crippen LogP contribution >= 0.6 is 0 Å². The van der Waals surface area contributed by atoms with Gasteiger partial charge in [0.15, 0.2) is 0 Å². The second kappa shape index (κ2) is 8.58. The second-order valence-electron chi connectivity index (χ2n) is 3.00. The van der Waals surface area contributed by atoms with Gasteiger partial charge < -0.3 is 10.4 Å². The van der Waals surface area contributed by atoms with Crippen LogP contribution in [-0.2, 0) is 0 Å². The molecular formula is C10H19NO. The van der Waals surface area contributed by atoms with Crippen LogP contribution in [0.15, 0.2) is 0 Å². The number of nitrogens with one attached hydrogen (secondary N) is 1. The third kappa shape index (κ3) is 6.21. The highest BCUT2D eigenvalue weighted by Crippen LogP contribution is 2.08. The van der Waals surface area contributed by atoms with E-state index in [2.05, 4.69) is 18.2 Å². The highest BCUT2D eigenvalue weighted by atomic mass is 16.3. The molecule has 0 aliphatic rings. The van der Waals surface area contributed by atoms with Crippen LogP contribution in [0.3, 0.4) is 0 Å². The summed E-state index contributed by atoms with van der Waals surface area (Å²) in [5, 5.41) is 11.9. The van der Waals surface area contributed by atoms with E-state index in [-0.39, 0.29) is 6.61 Å². The normalized spacial score (nSPS) is 12.4. The molecule has 0 saturated carbocycles. The molecular weight excluding hydrogens is 150 g/mol. The third-order valence-electron chi connectivity index (χ3n) is 1.89. The van der Waals surface area contributed by atoms with Crippen LogP contribution in [0, 0.1) is 18.3 Å². The Morgan fingerprint density at radius 2 is 2.25 bits per heavy atom. The molecule has 0 bridgehead atoms. The van der Waals surface area contributed by atoms with Crippen molar-refractivity contribution in [3.05, 3.63) is 0 Å². The quantitative estimate of drug-likeness (QED) is 0.440. The number of aliphatic hydroxyl groups excluding tert-OH is 1. The summed E-state index contributed by atoms with van der Waals surface area (Å²) < 4.78 is 0. The van der Waals surface area contributed by atoms with Gasteiger partial charge in [0.05, 0.1) is 6.54 Å². The molecule has 70 valence electrons. The average molecular weight is 169 g/mol. The van der Waals surface area contributed by atoms with Crippen LogP contribution in [0.4, 0.5) is 0 Å². The summed E-state index contributed by atoms with van der Waals surface area (Å²) in [6.07, 6.45) is 8.31. The Kier molecular flexibility index (Phi) is 8.20. The Hall–Kier alpha value is -0.520. The van der Waals surface area contributed by atoms with Gasteiger partial charge in [0.2, 0.25) is 0 Å². The Morgan fingerprint density at radius 1 is 1.50 bits per heavy atom. The lowest BCUT2D eigenvalue weighted by molar-refractivity contribution is 0.249. The van der Waals surface area contributed by atoms with Crippen molar-refractivity contribution in [3.8, 4) is 12.3 Å². The SMILES string of the molecule is C#CCNCC(CCC)CCO. The van der Waals surface area contributed by atoms with E-state index in [0.717, 1.165) is 19.4 Å². The first-order valence-electron chi connectivity index (χ1n) is 4.60. The van der Waals surface area contributed by atoms with Crippen molar-refractivity contribution in [1.29, 1.82) is 0 Å². The van der Waals surface area contributed by atoms with Gasteiger partial charge in [-0.15, -0.1) is 6.42 Å². The van der Waals surface area contributed by atoms with Crippen molar-refractivity contribution in [2.75, 3.05) is 19.7 Å². The van der Waals surface area contributed by atoms with E-state index in [1.54, 1.807) is 0 Å². The maximum Gasteiger partial charge on any atom is 0.0573 e. The molecule has 0 amide bonds. The summed E-state index contributed by atoms with van der Waals surface area (Å²) in [6, 6.07) is 0. The number of hydrogen-bond donors (Lipinski definition) is 2. The van der Waals surface area contributed by atoms with Crippen molar-refractivity contribution in [3.63, 3.8) is 0 Å². The molecule has 0 rings (SSSR count). The minimum Gasteiger partial charge on any atom is -0.396 e. The molecule has 0 aromatic heterocycles. The predicted molar refractivity (Wildman–Crippen MR) is 51.8 cm³/mol. The molecule has 0 fully saturated rings. The highest BCUT2D eigenvalue weighted by Gasteiger charge is 2.05. The molecule has 1 atom stereocenters. The number of rotatable bonds is 7. The topological polar surface area (TPSA) is 32.3 Å². The maximum atomic E-state index is 8.75. The molecule has 1 unspecified atom stereocenters. The van der Waals surface area contributed by atoms with Crippen molar-refractivity contribution < 1.29 is 5.11 Å². The average Bonchev–Trinajstić information content (AvgIpc) is 2.06. The van der Waals surface area contributed by atoms with Crippen LogP contribution in [0.2, 0.25) is 0 Å². The van der Waals surface area contributed by atoms with Crippen LogP contribution in [0.5, 0.6) is 0 Å². The molecule has 0 aromatic carbocycles. The van der Waals surface area contributed by atoms with E-state index >= 15 is 0 Å². The summed E-state index contributed by atoms with van der Waals surface area (Å²) >= 11 is 0. The molecule has 2 N–H and O–H groups in total. The summed E-state index contributed by atoms with van der Waals surface area (Å²) in [7, 11) is 0. The zero-order chi connectivity index (χ0) is 9.23. The largest absolute Gasteiger partial charge is 0.396 e. The minimum atomic E-state index is 0.280. The van der Waals surface area contributed by atoms with Crippen LogP contribution in [-0.4, -0.2) is 24.8 Å². The fourth-order valence-corrected chi connectivity index (χ4v) is 1.29. The molecule has 0 aliphatic carbocycles. The first kappa shape index (κ1) is 11.5. The summed E-state index contributed by atoms with van der Waals surface area (Å²) in [6.45, 7) is 4.00. The van der Waals surface area contributed by atoms with Crippen LogP contribution in [0.25, 0.3) is 0 Å². The molecule has 2 nitrogen and oxygen atoms in total. The van der Waals surface area contributed by atoms with Crippen molar-refractivity contribution in [1.82, 2.24) is 5.32 Å². The molecule has 0 heterocycles. The smallest absolute Gasteiger partial charge is 0.0573 e. The van der Waals surface area contributed by atoms with Gasteiger partial charge in [-0.2, -0.15) is 0 Å². The zero-order valence-electron chi connectivity index (χ0n) is 7.84. The summed E-state index contributed by atoms with van der Waals surface area (Å²) in [4.78, 5) is 0. The monoisotopic (exact) mass is 169 g/mol. The lowest BCUT2D eigenvalue weighted by atomic mass is 10.0. The van der Waals surface area contributed by atoms with Crippen LogP contribution < -0.4 is 5.32 Å². The van der Waals surface area contributed by atoms with Crippen LogP contribution in [0.1, 0.15) is 26.2 Å². The van der Waals surface area contributed by atoms with E-state index in [1.807, 2.05) is 0 Å². The van der Waals surface area contributed by atoms with Gasteiger partial charge in [0.25, 0.3) is 0 Å². The van der Waals surface area contributed by atoms with Gasteiger partial charge in [-0.1, -0.05) is 19.3 Å². The molecule has 0 radical (unpaired) electrons. The fourth-order valence-electron chi connectivity index (χ4n) is 1.29. The van der Waals surface area contributed by atoms with Crippen molar-refractivity contribution >= 4 is 0 Å². The van der Waals surface area contributed by atoms with E-state index in [1.165, 1.54) is 6.42 Å². The van der Waals surface area contributed by atoms with E-state index in [4.69, 9.17) is 11.5 Å².